The topological polar surface area (TPSA) is 111 Å². The summed E-state index contributed by atoms with van der Waals surface area (Å²) < 4.78 is 5.46. The van der Waals surface area contributed by atoms with E-state index in [0.29, 0.717) is 6.61 Å². The molecule has 0 radical (unpaired) electrons. The Bertz CT molecular complexity index is 1200. The van der Waals surface area contributed by atoms with Crippen molar-refractivity contribution in [1.82, 2.24) is 10.6 Å². The molecule has 1 aliphatic carbocycles. The summed E-state index contributed by atoms with van der Waals surface area (Å²) in [5.74, 6) is 0.922. The second-order valence-corrected chi connectivity index (χ2v) is 11.6. The van der Waals surface area contributed by atoms with E-state index in [1.807, 2.05) is 6.07 Å². The minimum atomic E-state index is -0.774. The Hall–Kier alpha value is -2.72. The van der Waals surface area contributed by atoms with Gasteiger partial charge >= 0.3 is 0 Å². The maximum Gasteiger partial charge on any atom is 0.215 e. The number of nitrogens with one attached hydrogen (secondary N) is 2. The van der Waals surface area contributed by atoms with Gasteiger partial charge in [0.25, 0.3) is 0 Å². The van der Waals surface area contributed by atoms with E-state index in [1.165, 1.54) is 5.56 Å². The van der Waals surface area contributed by atoms with Gasteiger partial charge in [0.2, 0.25) is 6.29 Å². The van der Waals surface area contributed by atoms with Crippen LogP contribution in [0, 0.1) is 11.8 Å². The smallest absolute Gasteiger partial charge is 0.215 e. The molecule has 2 fully saturated rings. The fourth-order valence-corrected chi connectivity index (χ4v) is 6.66. The molecule has 1 saturated heterocycles. The van der Waals surface area contributed by atoms with E-state index in [2.05, 4.69) is 59.2 Å². The number of aliphatic hydroxyl groups excluding tert-OH is 2. The second kappa shape index (κ2) is 11.6. The number of thioether (sulfide) groups is 1. The van der Waals surface area contributed by atoms with Crippen LogP contribution in [0.25, 0.3) is 0 Å². The largest absolute Gasteiger partial charge is 0.393 e. The van der Waals surface area contributed by atoms with Gasteiger partial charge in [-0.05, 0) is 62.3 Å². The summed E-state index contributed by atoms with van der Waals surface area (Å²) >= 11 is 1.69. The van der Waals surface area contributed by atoms with Crippen LogP contribution in [0.5, 0.6) is 0 Å². The van der Waals surface area contributed by atoms with E-state index in [4.69, 9.17) is 19.7 Å². The van der Waals surface area contributed by atoms with Crippen LogP contribution in [-0.2, 0) is 11.2 Å². The van der Waals surface area contributed by atoms with Crippen LogP contribution in [0.3, 0.4) is 0 Å². The number of hydrogen-bond acceptors (Lipinski definition) is 9. The zero-order valence-corrected chi connectivity index (χ0v) is 22.2. The first kappa shape index (κ1) is 25.6. The summed E-state index contributed by atoms with van der Waals surface area (Å²) in [6, 6.07) is 10.4. The lowest BCUT2D eigenvalue weighted by molar-refractivity contribution is -0.141. The highest BCUT2D eigenvalue weighted by atomic mass is 32.2. The molecule has 4 N–H and O–H groups in total. The quantitative estimate of drug-likeness (QED) is 0.460. The molecule has 9 heteroatoms. The molecule has 5 aliphatic rings. The molecule has 4 aliphatic heterocycles. The normalized spacial score (nSPS) is 32.8. The first-order chi connectivity index (χ1) is 18.6. The molecule has 200 valence electrons. The molecule has 0 amide bonds. The zero-order chi connectivity index (χ0) is 25.9. The molecule has 1 saturated carbocycles. The Morgan fingerprint density at radius 3 is 2.76 bits per heavy atom. The third-order valence-electron chi connectivity index (χ3n) is 7.57. The van der Waals surface area contributed by atoms with Gasteiger partial charge in [0, 0.05) is 36.1 Å². The maximum absolute atomic E-state index is 10.3. The molecule has 5 atom stereocenters. The summed E-state index contributed by atoms with van der Waals surface area (Å²) in [6.07, 6.45) is 12.9. The van der Waals surface area contributed by atoms with Gasteiger partial charge in [0.15, 0.2) is 6.29 Å². The average molecular weight is 534 g/mol. The van der Waals surface area contributed by atoms with Crippen LogP contribution in [-0.4, -0.2) is 58.1 Å². The summed E-state index contributed by atoms with van der Waals surface area (Å²) in [4.78, 5) is 14.8. The number of ether oxygens (including phenoxy) is 1. The van der Waals surface area contributed by atoms with Crippen LogP contribution >= 0.6 is 11.8 Å². The molecule has 38 heavy (non-hydrogen) atoms. The number of rotatable bonds is 5. The van der Waals surface area contributed by atoms with E-state index in [9.17, 15) is 10.2 Å². The van der Waals surface area contributed by atoms with Crippen LogP contribution in [0.2, 0.25) is 0 Å². The number of nitrogens with zero attached hydrogens (tertiary/aromatic N) is 3. The van der Waals surface area contributed by atoms with Crippen LogP contribution < -0.4 is 10.6 Å². The molecule has 5 unspecified atom stereocenters. The number of fused-ring (bicyclic) bond motifs is 1. The van der Waals surface area contributed by atoms with Gasteiger partial charge in [-0.1, -0.05) is 48.2 Å². The Morgan fingerprint density at radius 1 is 1.11 bits per heavy atom. The highest BCUT2D eigenvalue weighted by molar-refractivity contribution is 8.03. The van der Waals surface area contributed by atoms with Gasteiger partial charge in [-0.2, -0.15) is 0 Å². The van der Waals surface area contributed by atoms with Crippen molar-refractivity contribution in [3.63, 3.8) is 0 Å². The lowest BCUT2D eigenvalue weighted by Gasteiger charge is -2.30. The van der Waals surface area contributed by atoms with Gasteiger partial charge in [0.05, 0.1) is 17.1 Å². The van der Waals surface area contributed by atoms with E-state index in [0.717, 1.165) is 72.9 Å². The van der Waals surface area contributed by atoms with Gasteiger partial charge in [-0.15, -0.1) is 0 Å². The van der Waals surface area contributed by atoms with Crippen LogP contribution in [0.1, 0.15) is 44.1 Å². The molecule has 0 aromatic heterocycles. The molecular weight excluding hydrogens is 498 g/mol. The summed E-state index contributed by atoms with van der Waals surface area (Å²) in [5.41, 5.74) is 4.32. The zero-order valence-electron chi connectivity index (χ0n) is 21.4. The van der Waals surface area contributed by atoms with Crippen molar-refractivity contribution < 1.29 is 14.9 Å². The van der Waals surface area contributed by atoms with Gasteiger partial charge in [-0.3, -0.25) is 4.99 Å². The number of aliphatic imine (C=N–C) groups is 3. The number of amidine groups is 1. The lowest BCUT2D eigenvalue weighted by Crippen LogP contribution is -2.36. The average Bonchev–Trinajstić information content (AvgIpc) is 3.32. The molecule has 8 nitrogen and oxygen atoms in total. The second-order valence-electron chi connectivity index (χ2n) is 10.5. The van der Waals surface area contributed by atoms with E-state index in [-0.39, 0.29) is 23.3 Å². The number of dihydropyridines is 1. The van der Waals surface area contributed by atoms with Crippen molar-refractivity contribution in [2.75, 3.05) is 6.61 Å². The third-order valence-corrected chi connectivity index (χ3v) is 8.72. The van der Waals surface area contributed by atoms with Gasteiger partial charge in [-0.25, -0.2) is 9.98 Å². The molecule has 1 aromatic carbocycles. The SMILES string of the molecule is OC1CCC(=NC2N=C(NC3=CC4C=CC(C5CCCOC5O)=NC4S3)C=C(Cc3ccccc3)N2)CC1. The van der Waals surface area contributed by atoms with Crippen molar-refractivity contribution in [2.45, 2.75) is 69.0 Å². The first-order valence-corrected chi connectivity index (χ1v) is 14.5. The van der Waals surface area contributed by atoms with Crippen LogP contribution in [0.15, 0.2) is 80.3 Å². The Labute approximate surface area is 227 Å². The lowest BCUT2D eigenvalue weighted by atomic mass is 9.92. The maximum atomic E-state index is 10.3. The fourth-order valence-electron chi connectivity index (χ4n) is 5.50. The molecule has 1 aromatic rings. The Balaban J connectivity index is 1.17. The van der Waals surface area contributed by atoms with Gasteiger partial charge < -0.3 is 25.6 Å². The number of allylic oxidation sites excluding steroid dienone is 2. The van der Waals surface area contributed by atoms with E-state index < -0.39 is 12.6 Å². The summed E-state index contributed by atoms with van der Waals surface area (Å²) in [5, 5.41) is 28.3. The van der Waals surface area contributed by atoms with E-state index >= 15 is 0 Å². The van der Waals surface area contributed by atoms with Crippen LogP contribution in [0.4, 0.5) is 0 Å². The van der Waals surface area contributed by atoms with Crippen molar-refractivity contribution in [3.8, 4) is 0 Å². The van der Waals surface area contributed by atoms with Crippen molar-refractivity contribution in [1.29, 1.82) is 0 Å². The molecular formula is C29H35N5O3S. The van der Waals surface area contributed by atoms with E-state index in [1.54, 1.807) is 11.8 Å². The number of aliphatic hydroxyl groups is 2. The molecule has 0 bridgehead atoms. The minimum Gasteiger partial charge on any atom is -0.393 e. The molecule has 6 rings (SSSR count). The number of hydrogen-bond donors (Lipinski definition) is 4. The highest BCUT2D eigenvalue weighted by Gasteiger charge is 2.34. The minimum absolute atomic E-state index is 0.0476. The molecule has 0 spiro atoms. The Kier molecular flexibility index (Phi) is 7.78. The fraction of sp³-hybridized carbons (Fsp3) is 0.483. The van der Waals surface area contributed by atoms with Crippen molar-refractivity contribution in [2.24, 2.45) is 26.8 Å². The Morgan fingerprint density at radius 2 is 1.95 bits per heavy atom. The number of benzene rings is 1. The van der Waals surface area contributed by atoms with Gasteiger partial charge in [0.1, 0.15) is 11.2 Å². The third kappa shape index (κ3) is 6.12. The highest BCUT2D eigenvalue weighted by Crippen LogP contribution is 2.40. The predicted molar refractivity (Wildman–Crippen MR) is 152 cm³/mol. The first-order valence-electron chi connectivity index (χ1n) is 13.6. The summed E-state index contributed by atoms with van der Waals surface area (Å²) in [6.45, 7) is 0.607. The summed E-state index contributed by atoms with van der Waals surface area (Å²) in [7, 11) is 0. The standard InChI is InChI=1S/C29H35N5O3S/c35-22-11-9-20(10-12-22)30-29-31-21(15-18-5-2-1-3-6-18)17-25(34-29)33-26-16-19-8-13-24(32-27(19)38-26)23-7-4-14-37-28(23)36/h1-3,5-6,8,13,16-17,19,22-23,27-29,31,35-36H,4,7,9-12,14-15H2,(H,33,34). The monoisotopic (exact) mass is 533 g/mol. The van der Waals surface area contributed by atoms with Crippen molar-refractivity contribution in [3.05, 3.63) is 70.9 Å². The molecule has 4 heterocycles. The predicted octanol–water partition coefficient (Wildman–Crippen LogP) is 3.65. The van der Waals surface area contributed by atoms with Crippen molar-refractivity contribution >= 4 is 29.0 Å².